The molecular formula is C12H24N5OS+. The van der Waals surface area contributed by atoms with E-state index < -0.39 is 0 Å². The number of methoxy groups -OCH3 is 1. The Hall–Kier alpha value is -0.660. The fourth-order valence-corrected chi connectivity index (χ4v) is 3.69. The largest absolute Gasteiger partial charge is 0.383 e. The molecule has 1 aromatic rings. The molecule has 1 fully saturated rings. The van der Waals surface area contributed by atoms with Gasteiger partial charge in [-0.1, -0.05) is 13.8 Å². The molecule has 0 amide bonds. The quantitative estimate of drug-likeness (QED) is 0.774. The van der Waals surface area contributed by atoms with E-state index in [9.17, 15) is 0 Å². The van der Waals surface area contributed by atoms with E-state index >= 15 is 0 Å². The molecule has 1 aliphatic heterocycles. The molecule has 1 atom stereocenters. The van der Waals surface area contributed by atoms with E-state index in [4.69, 9.17) is 4.74 Å². The molecule has 1 N–H and O–H groups in total. The van der Waals surface area contributed by atoms with Crippen molar-refractivity contribution in [3.05, 3.63) is 5.82 Å². The van der Waals surface area contributed by atoms with E-state index in [0.29, 0.717) is 18.6 Å². The zero-order chi connectivity index (χ0) is 13.7. The summed E-state index contributed by atoms with van der Waals surface area (Å²) in [5, 5.41) is 12.3. The highest BCUT2D eigenvalue weighted by Crippen LogP contribution is 2.17. The lowest BCUT2D eigenvalue weighted by molar-refractivity contribution is -0.933. The number of thioether (sulfide) groups is 1. The summed E-state index contributed by atoms with van der Waals surface area (Å²) >= 11 is 2.04. The van der Waals surface area contributed by atoms with Crippen LogP contribution in [0.4, 0.5) is 0 Å². The summed E-state index contributed by atoms with van der Waals surface area (Å²) in [5.41, 5.74) is 0. The van der Waals surface area contributed by atoms with Gasteiger partial charge in [0.2, 0.25) is 5.82 Å². The molecule has 2 rings (SSSR count). The Balaban J connectivity index is 2.16. The van der Waals surface area contributed by atoms with Crippen molar-refractivity contribution in [1.29, 1.82) is 0 Å². The molecule has 1 saturated heterocycles. The molecule has 7 heteroatoms. The summed E-state index contributed by atoms with van der Waals surface area (Å²) < 4.78 is 7.03. The number of nitrogens with one attached hydrogen (secondary N) is 1. The molecule has 0 saturated carbocycles. The Bertz CT molecular complexity index is 378. The molecule has 0 spiro atoms. The molecule has 19 heavy (non-hydrogen) atoms. The molecule has 108 valence electrons. The molecule has 0 unspecified atom stereocenters. The van der Waals surface area contributed by atoms with Crippen LogP contribution in [0.5, 0.6) is 0 Å². The van der Waals surface area contributed by atoms with Gasteiger partial charge in [-0.05, 0) is 10.4 Å². The topological polar surface area (TPSA) is 57.3 Å². The first-order valence-electron chi connectivity index (χ1n) is 6.91. The second-order valence-electron chi connectivity index (χ2n) is 5.25. The predicted octanol–water partition coefficient (Wildman–Crippen LogP) is -0.352. The summed E-state index contributed by atoms with van der Waals surface area (Å²) in [7, 11) is 1.71. The van der Waals surface area contributed by atoms with Crippen molar-refractivity contribution < 1.29 is 9.64 Å². The molecule has 0 bridgehead atoms. The number of hydrogen-bond acceptors (Lipinski definition) is 5. The van der Waals surface area contributed by atoms with Crippen molar-refractivity contribution in [3.63, 3.8) is 0 Å². The zero-order valence-electron chi connectivity index (χ0n) is 12.0. The highest BCUT2D eigenvalue weighted by atomic mass is 32.2. The van der Waals surface area contributed by atoms with Gasteiger partial charge in [0, 0.05) is 24.5 Å². The van der Waals surface area contributed by atoms with E-state index in [1.807, 2.05) is 16.4 Å². The van der Waals surface area contributed by atoms with Gasteiger partial charge in [0.25, 0.3) is 0 Å². The first-order valence-corrected chi connectivity index (χ1v) is 8.06. The van der Waals surface area contributed by atoms with Gasteiger partial charge >= 0.3 is 0 Å². The third kappa shape index (κ3) is 3.67. The highest BCUT2D eigenvalue weighted by Gasteiger charge is 2.33. The van der Waals surface area contributed by atoms with E-state index in [0.717, 1.165) is 12.4 Å². The van der Waals surface area contributed by atoms with Crippen LogP contribution in [0.2, 0.25) is 0 Å². The molecule has 2 heterocycles. The van der Waals surface area contributed by atoms with Crippen LogP contribution in [0.15, 0.2) is 0 Å². The Labute approximate surface area is 118 Å². The number of hydrogen-bond donors (Lipinski definition) is 1. The molecular weight excluding hydrogens is 262 g/mol. The number of aromatic nitrogens is 4. The molecule has 6 nitrogen and oxygen atoms in total. The smallest absolute Gasteiger partial charge is 0.209 e. The number of tetrazole rings is 1. The molecule has 1 aliphatic rings. The fourth-order valence-electron chi connectivity index (χ4n) is 2.67. The van der Waals surface area contributed by atoms with E-state index in [1.54, 1.807) is 12.0 Å². The standard InChI is InChI=1S/C12H23N5OS/c1-10(2)11(16-5-8-19-9-6-16)12-13-14-15-17(12)4-7-18-3/h10-11H,4-9H2,1-3H3/p+1/t11-/m1/s1. The van der Waals surface area contributed by atoms with Gasteiger partial charge in [0.1, 0.15) is 0 Å². The van der Waals surface area contributed by atoms with Crippen molar-refractivity contribution in [1.82, 2.24) is 20.2 Å². The Morgan fingerprint density at radius 3 is 2.74 bits per heavy atom. The van der Waals surface area contributed by atoms with Crippen molar-refractivity contribution in [2.75, 3.05) is 38.3 Å². The van der Waals surface area contributed by atoms with Gasteiger partial charge in [-0.2, -0.15) is 11.8 Å². The van der Waals surface area contributed by atoms with Crippen LogP contribution in [0, 0.1) is 5.92 Å². The third-order valence-electron chi connectivity index (χ3n) is 3.59. The summed E-state index contributed by atoms with van der Waals surface area (Å²) in [6.45, 7) is 8.29. The summed E-state index contributed by atoms with van der Waals surface area (Å²) in [5.74, 6) is 4.01. The van der Waals surface area contributed by atoms with Crippen LogP contribution >= 0.6 is 11.8 Å². The van der Waals surface area contributed by atoms with Crippen LogP contribution < -0.4 is 4.90 Å². The fraction of sp³-hybridized carbons (Fsp3) is 0.917. The maximum Gasteiger partial charge on any atom is 0.209 e. The Morgan fingerprint density at radius 1 is 1.37 bits per heavy atom. The SMILES string of the molecule is COCCn1nnnc1[C@@H](C(C)C)[NH+]1CCSCC1. The van der Waals surface area contributed by atoms with Crippen LogP contribution in [-0.4, -0.2) is 58.5 Å². The first kappa shape index (κ1) is 14.7. The van der Waals surface area contributed by atoms with Gasteiger partial charge in [-0.25, -0.2) is 4.68 Å². The monoisotopic (exact) mass is 286 g/mol. The normalized spacial score (nSPS) is 18.9. The average molecular weight is 286 g/mol. The summed E-state index contributed by atoms with van der Waals surface area (Å²) in [6, 6.07) is 0.382. The lowest BCUT2D eigenvalue weighted by atomic mass is 10.0. The minimum atomic E-state index is 0.382. The average Bonchev–Trinajstić information content (AvgIpc) is 2.85. The van der Waals surface area contributed by atoms with Gasteiger partial charge in [-0.3, -0.25) is 0 Å². The van der Waals surface area contributed by atoms with Gasteiger partial charge in [0.15, 0.2) is 6.04 Å². The highest BCUT2D eigenvalue weighted by molar-refractivity contribution is 7.99. The van der Waals surface area contributed by atoms with Crippen molar-refractivity contribution >= 4 is 11.8 Å². The van der Waals surface area contributed by atoms with E-state index in [2.05, 4.69) is 29.4 Å². The second-order valence-corrected chi connectivity index (χ2v) is 6.47. The predicted molar refractivity (Wildman–Crippen MR) is 75.3 cm³/mol. The number of nitrogens with zero attached hydrogens (tertiary/aromatic N) is 4. The maximum atomic E-state index is 5.13. The second kappa shape index (κ2) is 7.21. The molecule has 0 aliphatic carbocycles. The van der Waals surface area contributed by atoms with Crippen molar-refractivity contribution in [3.8, 4) is 0 Å². The van der Waals surface area contributed by atoms with E-state index in [1.165, 1.54) is 24.6 Å². The minimum Gasteiger partial charge on any atom is -0.383 e. The van der Waals surface area contributed by atoms with Crippen molar-refractivity contribution in [2.24, 2.45) is 5.92 Å². The summed E-state index contributed by atoms with van der Waals surface area (Å²) in [4.78, 5) is 1.61. The third-order valence-corrected chi connectivity index (χ3v) is 4.57. The Morgan fingerprint density at radius 2 is 2.11 bits per heavy atom. The number of quaternary nitrogens is 1. The lowest BCUT2D eigenvalue weighted by Gasteiger charge is -2.32. The van der Waals surface area contributed by atoms with Crippen molar-refractivity contribution in [2.45, 2.75) is 26.4 Å². The number of ether oxygens (including phenoxy) is 1. The number of rotatable bonds is 6. The first-order chi connectivity index (χ1) is 9.24. The Kier molecular flexibility index (Phi) is 5.59. The van der Waals surface area contributed by atoms with E-state index in [-0.39, 0.29) is 0 Å². The summed E-state index contributed by atoms with van der Waals surface area (Å²) in [6.07, 6.45) is 0. The van der Waals surface area contributed by atoms with Crippen LogP contribution in [0.3, 0.4) is 0 Å². The van der Waals surface area contributed by atoms with Crippen LogP contribution in [0.25, 0.3) is 0 Å². The molecule has 0 aromatic carbocycles. The minimum absolute atomic E-state index is 0.382. The molecule has 0 radical (unpaired) electrons. The van der Waals surface area contributed by atoms with Crippen LogP contribution in [0.1, 0.15) is 25.7 Å². The van der Waals surface area contributed by atoms with Gasteiger partial charge in [-0.15, -0.1) is 5.10 Å². The van der Waals surface area contributed by atoms with Crippen LogP contribution in [-0.2, 0) is 11.3 Å². The van der Waals surface area contributed by atoms with Gasteiger partial charge in [0.05, 0.1) is 26.2 Å². The molecule has 1 aromatic heterocycles. The maximum absolute atomic E-state index is 5.13. The zero-order valence-corrected chi connectivity index (χ0v) is 12.8. The lowest BCUT2D eigenvalue weighted by Crippen LogP contribution is -3.14. The van der Waals surface area contributed by atoms with Gasteiger partial charge < -0.3 is 9.64 Å².